The number of rotatable bonds is 8. The van der Waals surface area contributed by atoms with Crippen LogP contribution in [-0.2, 0) is 19.6 Å². The summed E-state index contributed by atoms with van der Waals surface area (Å²) in [5.41, 5.74) is 0.692. The molecule has 0 aliphatic carbocycles. The number of nitrogens with zero attached hydrogens (tertiary/aromatic N) is 1. The number of aryl methyl sites for hydroxylation is 2. The van der Waals surface area contributed by atoms with Crippen LogP contribution in [0.4, 0.5) is 0 Å². The molecule has 0 fully saturated rings. The number of ether oxygens (including phenoxy) is 1. The Labute approximate surface area is 142 Å². The van der Waals surface area contributed by atoms with E-state index in [2.05, 4.69) is 9.71 Å². The van der Waals surface area contributed by atoms with Gasteiger partial charge in [-0.1, -0.05) is 0 Å². The van der Waals surface area contributed by atoms with Crippen LogP contribution in [0.15, 0.2) is 4.90 Å². The van der Waals surface area contributed by atoms with Crippen molar-refractivity contribution < 1.29 is 22.7 Å². The molecule has 0 radical (unpaired) electrons. The highest BCUT2D eigenvalue weighted by Gasteiger charge is 2.30. The lowest BCUT2D eigenvalue weighted by Gasteiger charge is -2.18. The van der Waals surface area contributed by atoms with Crippen LogP contribution in [0.25, 0.3) is 0 Å². The summed E-state index contributed by atoms with van der Waals surface area (Å²) < 4.78 is 32.4. The quantitative estimate of drug-likeness (QED) is 0.672. The zero-order chi connectivity index (χ0) is 18.5. The fourth-order valence-electron chi connectivity index (χ4n) is 2.46. The minimum absolute atomic E-state index is 0.0304. The standard InChI is InChI=1S/C15H25N3O5S/c1-6-18(7-2)12(19)9-16-24(21,22)14-11(5)17-10(4)13(14)15(20)23-8-3/h16-17H,6-9H2,1-5H3. The number of sulfonamides is 1. The topological polar surface area (TPSA) is 109 Å². The first-order valence-electron chi connectivity index (χ1n) is 7.83. The second-order valence-corrected chi connectivity index (χ2v) is 6.89. The van der Waals surface area contributed by atoms with E-state index in [1.807, 2.05) is 13.8 Å². The number of aromatic nitrogens is 1. The Bertz CT molecular complexity index is 705. The molecule has 0 bridgehead atoms. The van der Waals surface area contributed by atoms with E-state index in [1.54, 1.807) is 20.8 Å². The van der Waals surface area contributed by atoms with Crippen molar-refractivity contribution in [3.63, 3.8) is 0 Å². The van der Waals surface area contributed by atoms with Gasteiger partial charge in [0.1, 0.15) is 10.5 Å². The first-order chi connectivity index (χ1) is 11.2. The van der Waals surface area contributed by atoms with E-state index in [4.69, 9.17) is 4.74 Å². The van der Waals surface area contributed by atoms with Crippen LogP contribution in [0.5, 0.6) is 0 Å². The Morgan fingerprint density at radius 1 is 1.12 bits per heavy atom. The molecule has 1 aromatic rings. The monoisotopic (exact) mass is 359 g/mol. The van der Waals surface area contributed by atoms with Gasteiger partial charge in [0.25, 0.3) is 0 Å². The second-order valence-electron chi connectivity index (χ2n) is 5.19. The summed E-state index contributed by atoms with van der Waals surface area (Å²) in [5.74, 6) is -1.04. The zero-order valence-corrected chi connectivity index (χ0v) is 15.5. The maximum atomic E-state index is 12.6. The predicted molar refractivity (Wildman–Crippen MR) is 89.3 cm³/mol. The van der Waals surface area contributed by atoms with Crippen molar-refractivity contribution in [2.45, 2.75) is 39.5 Å². The first kappa shape index (κ1) is 20.2. The minimum Gasteiger partial charge on any atom is -0.462 e. The molecule has 9 heteroatoms. The van der Waals surface area contributed by atoms with Gasteiger partial charge in [-0.3, -0.25) is 4.79 Å². The lowest BCUT2D eigenvalue weighted by molar-refractivity contribution is -0.129. The minimum atomic E-state index is -4.04. The summed E-state index contributed by atoms with van der Waals surface area (Å²) in [5, 5.41) is 0. The number of esters is 1. The fraction of sp³-hybridized carbons (Fsp3) is 0.600. The average molecular weight is 359 g/mol. The Balaban J connectivity index is 3.11. The van der Waals surface area contributed by atoms with Crippen LogP contribution >= 0.6 is 0 Å². The Morgan fingerprint density at radius 3 is 2.21 bits per heavy atom. The van der Waals surface area contributed by atoms with Crippen LogP contribution in [0.2, 0.25) is 0 Å². The van der Waals surface area contributed by atoms with Crippen LogP contribution in [0.1, 0.15) is 42.5 Å². The summed E-state index contributed by atoms with van der Waals surface area (Å²) in [6.45, 7) is 9.17. The van der Waals surface area contributed by atoms with Crippen molar-refractivity contribution in [2.75, 3.05) is 26.2 Å². The third-order valence-corrected chi connectivity index (χ3v) is 5.17. The van der Waals surface area contributed by atoms with Crippen LogP contribution in [0, 0.1) is 13.8 Å². The van der Waals surface area contributed by atoms with Crippen molar-refractivity contribution in [2.24, 2.45) is 0 Å². The molecule has 0 saturated heterocycles. The molecule has 1 rings (SSSR count). The fourth-order valence-corrected chi connectivity index (χ4v) is 3.88. The second kappa shape index (κ2) is 8.29. The molecule has 1 amide bonds. The van der Waals surface area contributed by atoms with Crippen LogP contribution < -0.4 is 4.72 Å². The molecular formula is C15H25N3O5S. The molecule has 2 N–H and O–H groups in total. The number of hydrogen-bond donors (Lipinski definition) is 2. The van der Waals surface area contributed by atoms with Gasteiger partial charge in [-0.15, -0.1) is 0 Å². The number of aromatic amines is 1. The summed E-state index contributed by atoms with van der Waals surface area (Å²) in [6, 6.07) is 0. The van der Waals surface area contributed by atoms with Gasteiger partial charge in [0.05, 0.1) is 13.2 Å². The van der Waals surface area contributed by atoms with Gasteiger partial charge in [0.2, 0.25) is 15.9 Å². The third-order valence-electron chi connectivity index (χ3n) is 3.60. The van der Waals surface area contributed by atoms with Crippen molar-refractivity contribution >= 4 is 21.9 Å². The van der Waals surface area contributed by atoms with Crippen LogP contribution in [-0.4, -0.2) is 56.4 Å². The van der Waals surface area contributed by atoms with Gasteiger partial charge in [-0.25, -0.2) is 17.9 Å². The summed E-state index contributed by atoms with van der Waals surface area (Å²) in [6.07, 6.45) is 0. The van der Waals surface area contributed by atoms with E-state index in [-0.39, 0.29) is 29.5 Å². The molecule has 1 aromatic heterocycles. The smallest absolute Gasteiger partial charge is 0.341 e. The molecule has 0 aromatic carbocycles. The van der Waals surface area contributed by atoms with Crippen molar-refractivity contribution in [1.29, 1.82) is 0 Å². The highest BCUT2D eigenvalue weighted by Crippen LogP contribution is 2.24. The Hall–Kier alpha value is -1.87. The maximum Gasteiger partial charge on any atom is 0.341 e. The zero-order valence-electron chi connectivity index (χ0n) is 14.7. The van der Waals surface area contributed by atoms with E-state index < -0.39 is 16.0 Å². The number of amides is 1. The molecule has 8 nitrogen and oxygen atoms in total. The third kappa shape index (κ3) is 4.35. The number of carbonyl (C=O) groups excluding carboxylic acids is 2. The van der Waals surface area contributed by atoms with Crippen molar-refractivity contribution in [3.8, 4) is 0 Å². The van der Waals surface area contributed by atoms with Crippen molar-refractivity contribution in [1.82, 2.24) is 14.6 Å². The summed E-state index contributed by atoms with van der Waals surface area (Å²) >= 11 is 0. The molecule has 24 heavy (non-hydrogen) atoms. The molecule has 1 heterocycles. The number of carbonyl (C=O) groups is 2. The summed E-state index contributed by atoms with van der Waals surface area (Å²) in [7, 11) is -4.04. The first-order valence-corrected chi connectivity index (χ1v) is 9.31. The van der Waals surface area contributed by atoms with E-state index in [0.29, 0.717) is 24.5 Å². The van der Waals surface area contributed by atoms with Gasteiger partial charge in [0.15, 0.2) is 0 Å². The normalized spacial score (nSPS) is 11.4. The lowest BCUT2D eigenvalue weighted by Crippen LogP contribution is -2.40. The van der Waals surface area contributed by atoms with Gasteiger partial charge < -0.3 is 14.6 Å². The van der Waals surface area contributed by atoms with Crippen LogP contribution in [0.3, 0.4) is 0 Å². The van der Waals surface area contributed by atoms with E-state index in [1.165, 1.54) is 4.90 Å². The summed E-state index contributed by atoms with van der Waals surface area (Å²) in [4.78, 5) is 28.3. The number of hydrogen-bond acceptors (Lipinski definition) is 5. The van der Waals surface area contributed by atoms with Gasteiger partial charge in [-0.2, -0.15) is 0 Å². The number of likely N-dealkylation sites (N-methyl/N-ethyl adjacent to an activating group) is 1. The van der Waals surface area contributed by atoms with Crippen molar-refractivity contribution in [3.05, 3.63) is 17.0 Å². The number of nitrogens with one attached hydrogen (secondary N) is 2. The molecule has 0 spiro atoms. The van der Waals surface area contributed by atoms with Gasteiger partial charge in [-0.05, 0) is 34.6 Å². The largest absolute Gasteiger partial charge is 0.462 e. The van der Waals surface area contributed by atoms with Gasteiger partial charge >= 0.3 is 5.97 Å². The van der Waals surface area contributed by atoms with E-state index in [0.717, 1.165) is 0 Å². The molecule has 0 aliphatic heterocycles. The highest BCUT2D eigenvalue weighted by atomic mass is 32.2. The Morgan fingerprint density at radius 2 is 1.71 bits per heavy atom. The number of H-pyrrole nitrogens is 1. The highest BCUT2D eigenvalue weighted by molar-refractivity contribution is 7.89. The SMILES string of the molecule is CCOC(=O)c1c(C)[nH]c(C)c1S(=O)(=O)NCC(=O)N(CC)CC. The van der Waals surface area contributed by atoms with E-state index in [9.17, 15) is 18.0 Å². The average Bonchev–Trinajstić information content (AvgIpc) is 2.82. The molecule has 0 aliphatic rings. The molecule has 0 saturated carbocycles. The predicted octanol–water partition coefficient (Wildman–Crippen LogP) is 0.955. The van der Waals surface area contributed by atoms with E-state index >= 15 is 0 Å². The molecule has 0 unspecified atom stereocenters. The molecule has 136 valence electrons. The molecule has 0 atom stereocenters. The lowest BCUT2D eigenvalue weighted by atomic mass is 10.2. The maximum absolute atomic E-state index is 12.6. The molecular weight excluding hydrogens is 334 g/mol. The Kier molecular flexibility index (Phi) is 6.97. The van der Waals surface area contributed by atoms with Gasteiger partial charge in [0, 0.05) is 24.5 Å².